The molecule has 0 heterocycles. The first-order chi connectivity index (χ1) is 10.7. The molecule has 3 heteroatoms. The van der Waals surface area contributed by atoms with Crippen molar-refractivity contribution in [2.24, 2.45) is 5.73 Å². The van der Waals surface area contributed by atoms with Crippen LogP contribution in [0.5, 0.6) is 0 Å². The maximum atomic E-state index is 13.0. The van der Waals surface area contributed by atoms with E-state index in [1.54, 1.807) is 0 Å². The van der Waals surface area contributed by atoms with Crippen molar-refractivity contribution >= 4 is 0 Å². The minimum Gasteiger partial charge on any atom is -0.326 e. The molecule has 0 saturated heterocycles. The molecule has 0 spiro atoms. The van der Waals surface area contributed by atoms with Crippen molar-refractivity contribution in [1.29, 1.82) is 0 Å². The van der Waals surface area contributed by atoms with Gasteiger partial charge in [0, 0.05) is 24.0 Å². The number of hydrogen-bond donors (Lipinski definition) is 2. The van der Waals surface area contributed by atoms with Crippen molar-refractivity contribution in [3.8, 4) is 0 Å². The van der Waals surface area contributed by atoms with Crippen molar-refractivity contribution in [3.05, 3.63) is 71.8 Å². The van der Waals surface area contributed by atoms with Crippen LogP contribution in [-0.4, -0.2) is 24.8 Å². The summed E-state index contributed by atoms with van der Waals surface area (Å²) in [7, 11) is 0. The minimum absolute atomic E-state index is 0.0891. The molecular formula is C19H23FN2. The summed E-state index contributed by atoms with van der Waals surface area (Å²) < 4.78 is 13.0. The number of benzene rings is 2. The SMILES string of the molecule is NC(CNC1(CF)CC1)C(c1ccccc1)c1ccccc1. The molecule has 3 rings (SSSR count). The number of halogens is 1. The van der Waals surface area contributed by atoms with Gasteiger partial charge in [-0.1, -0.05) is 60.7 Å². The van der Waals surface area contributed by atoms with E-state index >= 15 is 0 Å². The summed E-state index contributed by atoms with van der Waals surface area (Å²) in [6.45, 7) is 0.319. The topological polar surface area (TPSA) is 38.0 Å². The predicted octanol–water partition coefficient (Wildman–Crippen LogP) is 3.24. The van der Waals surface area contributed by atoms with E-state index in [0.29, 0.717) is 6.54 Å². The van der Waals surface area contributed by atoms with Gasteiger partial charge >= 0.3 is 0 Å². The number of alkyl halides is 1. The Morgan fingerprint density at radius 1 is 0.955 bits per heavy atom. The molecule has 1 atom stereocenters. The average Bonchev–Trinajstić information content (AvgIpc) is 3.36. The van der Waals surface area contributed by atoms with Crippen LogP contribution >= 0.6 is 0 Å². The van der Waals surface area contributed by atoms with Crippen LogP contribution in [0.15, 0.2) is 60.7 Å². The van der Waals surface area contributed by atoms with Gasteiger partial charge in [-0.25, -0.2) is 4.39 Å². The summed E-state index contributed by atoms with van der Waals surface area (Å²) in [5, 5.41) is 3.34. The number of hydrogen-bond acceptors (Lipinski definition) is 2. The normalized spacial score (nSPS) is 17.4. The molecule has 2 nitrogen and oxygen atoms in total. The van der Waals surface area contributed by atoms with Crippen molar-refractivity contribution in [2.75, 3.05) is 13.2 Å². The minimum atomic E-state index is -0.305. The van der Waals surface area contributed by atoms with Gasteiger partial charge in [0.2, 0.25) is 0 Å². The molecule has 2 aromatic rings. The molecule has 2 aromatic carbocycles. The quantitative estimate of drug-likeness (QED) is 0.823. The zero-order valence-electron chi connectivity index (χ0n) is 12.7. The van der Waals surface area contributed by atoms with Crippen LogP contribution in [0.1, 0.15) is 29.9 Å². The largest absolute Gasteiger partial charge is 0.326 e. The average molecular weight is 298 g/mol. The Kier molecular flexibility index (Phi) is 4.55. The Hall–Kier alpha value is -1.71. The summed E-state index contributed by atoms with van der Waals surface area (Å²) in [6, 6.07) is 20.5. The summed E-state index contributed by atoms with van der Waals surface area (Å²) in [6.07, 6.45) is 1.83. The van der Waals surface area contributed by atoms with E-state index in [1.165, 1.54) is 11.1 Å². The first kappa shape index (κ1) is 15.2. The number of nitrogens with two attached hydrogens (primary N) is 1. The molecule has 1 fully saturated rings. The van der Waals surface area contributed by atoms with Gasteiger partial charge in [0.25, 0.3) is 0 Å². The maximum Gasteiger partial charge on any atom is 0.108 e. The van der Waals surface area contributed by atoms with Gasteiger partial charge in [-0.3, -0.25) is 0 Å². The lowest BCUT2D eigenvalue weighted by Gasteiger charge is -2.27. The van der Waals surface area contributed by atoms with Gasteiger partial charge in [-0.2, -0.15) is 0 Å². The van der Waals surface area contributed by atoms with E-state index in [4.69, 9.17) is 5.73 Å². The molecule has 1 aliphatic rings. The maximum absolute atomic E-state index is 13.0. The zero-order chi connectivity index (χ0) is 15.4. The van der Waals surface area contributed by atoms with E-state index in [1.807, 2.05) is 36.4 Å². The fourth-order valence-electron chi connectivity index (χ4n) is 2.97. The summed E-state index contributed by atoms with van der Waals surface area (Å²) in [5.74, 6) is 0.116. The van der Waals surface area contributed by atoms with Crippen molar-refractivity contribution in [2.45, 2.75) is 30.3 Å². The van der Waals surface area contributed by atoms with Crippen LogP contribution in [0, 0.1) is 0 Å². The Bertz CT molecular complexity index is 541. The fraction of sp³-hybridized carbons (Fsp3) is 0.368. The summed E-state index contributed by atoms with van der Waals surface area (Å²) in [5.41, 5.74) is 8.59. The second-order valence-electron chi connectivity index (χ2n) is 6.26. The number of nitrogens with one attached hydrogen (secondary N) is 1. The van der Waals surface area contributed by atoms with Gasteiger partial charge in [0.05, 0.1) is 0 Å². The van der Waals surface area contributed by atoms with Crippen LogP contribution < -0.4 is 11.1 Å². The van der Waals surface area contributed by atoms with Gasteiger partial charge in [-0.15, -0.1) is 0 Å². The molecule has 1 aliphatic carbocycles. The third kappa shape index (κ3) is 3.37. The van der Waals surface area contributed by atoms with Crippen molar-refractivity contribution in [3.63, 3.8) is 0 Å². The lowest BCUT2D eigenvalue weighted by Crippen LogP contribution is -2.45. The van der Waals surface area contributed by atoms with E-state index in [2.05, 4.69) is 29.6 Å². The van der Waals surface area contributed by atoms with Crippen molar-refractivity contribution < 1.29 is 4.39 Å². The second-order valence-corrected chi connectivity index (χ2v) is 6.26. The first-order valence-corrected chi connectivity index (χ1v) is 7.91. The molecule has 3 N–H and O–H groups in total. The third-order valence-corrected chi connectivity index (χ3v) is 4.57. The zero-order valence-corrected chi connectivity index (χ0v) is 12.7. The van der Waals surface area contributed by atoms with Gasteiger partial charge < -0.3 is 11.1 Å². The van der Waals surface area contributed by atoms with E-state index < -0.39 is 0 Å². The molecule has 1 unspecified atom stereocenters. The molecular weight excluding hydrogens is 275 g/mol. The first-order valence-electron chi connectivity index (χ1n) is 7.91. The fourth-order valence-corrected chi connectivity index (χ4v) is 2.97. The van der Waals surface area contributed by atoms with E-state index in [9.17, 15) is 4.39 Å². The standard InChI is InChI=1S/C19H23FN2/c20-14-19(11-12-19)22-13-17(21)18(15-7-3-1-4-8-15)16-9-5-2-6-10-16/h1-10,17-18,22H,11-14,21H2. The molecule has 1 saturated carbocycles. The highest BCUT2D eigenvalue weighted by atomic mass is 19.1. The molecule has 22 heavy (non-hydrogen) atoms. The Morgan fingerprint density at radius 3 is 1.86 bits per heavy atom. The molecule has 0 aliphatic heterocycles. The van der Waals surface area contributed by atoms with E-state index in [-0.39, 0.29) is 24.2 Å². The Labute approximate surface area is 131 Å². The predicted molar refractivity (Wildman–Crippen MR) is 88.6 cm³/mol. The monoisotopic (exact) mass is 298 g/mol. The van der Waals surface area contributed by atoms with Crippen LogP contribution in [0.3, 0.4) is 0 Å². The van der Waals surface area contributed by atoms with Crippen molar-refractivity contribution in [1.82, 2.24) is 5.32 Å². The van der Waals surface area contributed by atoms with Crippen LogP contribution in [0.25, 0.3) is 0 Å². The highest BCUT2D eigenvalue weighted by Gasteiger charge is 2.42. The smallest absolute Gasteiger partial charge is 0.108 e. The molecule has 0 bridgehead atoms. The van der Waals surface area contributed by atoms with Crippen LogP contribution in [-0.2, 0) is 0 Å². The number of rotatable bonds is 7. The molecule has 0 amide bonds. The van der Waals surface area contributed by atoms with E-state index in [0.717, 1.165) is 12.8 Å². The molecule has 116 valence electrons. The lowest BCUT2D eigenvalue weighted by molar-refractivity contribution is 0.346. The van der Waals surface area contributed by atoms with Gasteiger partial charge in [-0.05, 0) is 24.0 Å². The summed E-state index contributed by atoms with van der Waals surface area (Å²) >= 11 is 0. The second kappa shape index (κ2) is 6.59. The van der Waals surface area contributed by atoms with Gasteiger partial charge in [0.15, 0.2) is 0 Å². The molecule has 0 radical (unpaired) electrons. The highest BCUT2D eigenvalue weighted by Crippen LogP contribution is 2.36. The Morgan fingerprint density at radius 2 is 1.45 bits per heavy atom. The van der Waals surface area contributed by atoms with Crippen LogP contribution in [0.2, 0.25) is 0 Å². The Balaban J connectivity index is 1.79. The lowest BCUT2D eigenvalue weighted by atomic mass is 9.85. The molecule has 0 aromatic heterocycles. The third-order valence-electron chi connectivity index (χ3n) is 4.57. The highest BCUT2D eigenvalue weighted by molar-refractivity contribution is 5.34. The summed E-state index contributed by atoms with van der Waals surface area (Å²) in [4.78, 5) is 0. The van der Waals surface area contributed by atoms with Crippen LogP contribution in [0.4, 0.5) is 4.39 Å². The van der Waals surface area contributed by atoms with Gasteiger partial charge in [0.1, 0.15) is 6.67 Å².